The lowest BCUT2D eigenvalue weighted by Crippen LogP contribution is -2.51. The lowest BCUT2D eigenvalue weighted by Gasteiger charge is -2.41. The molecule has 5 heteroatoms. The van der Waals surface area contributed by atoms with Crippen molar-refractivity contribution in [3.05, 3.63) is 22.4 Å². The Bertz CT molecular complexity index is 376. The van der Waals surface area contributed by atoms with Crippen molar-refractivity contribution < 1.29 is 9.47 Å². The molecule has 0 radical (unpaired) electrons. The lowest BCUT2D eigenvalue weighted by atomic mass is 10.0. The van der Waals surface area contributed by atoms with E-state index >= 15 is 0 Å². The van der Waals surface area contributed by atoms with Gasteiger partial charge in [0.2, 0.25) is 0 Å². The van der Waals surface area contributed by atoms with Crippen LogP contribution in [0.4, 0.5) is 0 Å². The molecule has 2 N–H and O–H groups in total. The molecule has 1 unspecified atom stereocenters. The van der Waals surface area contributed by atoms with Gasteiger partial charge < -0.3 is 15.2 Å². The molecule has 0 bridgehead atoms. The van der Waals surface area contributed by atoms with Gasteiger partial charge >= 0.3 is 0 Å². The highest BCUT2D eigenvalue weighted by Gasteiger charge is 2.42. The Kier molecular flexibility index (Phi) is 3.68. The fourth-order valence-corrected chi connectivity index (χ4v) is 3.82. The molecule has 2 aliphatic heterocycles. The zero-order valence-corrected chi connectivity index (χ0v) is 11.3. The van der Waals surface area contributed by atoms with Crippen molar-refractivity contribution in [1.82, 2.24) is 4.90 Å². The van der Waals surface area contributed by atoms with Crippen molar-refractivity contribution in [3.63, 3.8) is 0 Å². The van der Waals surface area contributed by atoms with E-state index in [0.29, 0.717) is 12.6 Å². The Labute approximate surface area is 112 Å². The van der Waals surface area contributed by atoms with Crippen LogP contribution in [0.1, 0.15) is 23.8 Å². The minimum absolute atomic E-state index is 0.301. The van der Waals surface area contributed by atoms with Crippen LogP contribution in [-0.2, 0) is 9.47 Å². The lowest BCUT2D eigenvalue weighted by molar-refractivity contribution is -0.193. The molecule has 0 saturated carbocycles. The Morgan fingerprint density at radius 2 is 2.28 bits per heavy atom. The van der Waals surface area contributed by atoms with E-state index in [1.165, 1.54) is 4.88 Å². The molecule has 2 fully saturated rings. The van der Waals surface area contributed by atoms with E-state index in [2.05, 4.69) is 22.4 Å². The molecule has 3 heterocycles. The second-order valence-electron chi connectivity index (χ2n) is 4.95. The Balaban J connectivity index is 1.74. The number of ether oxygens (including phenoxy) is 2. The number of rotatable bonds is 3. The van der Waals surface area contributed by atoms with Crippen LogP contribution >= 0.6 is 11.3 Å². The predicted molar refractivity (Wildman–Crippen MR) is 71.6 cm³/mol. The van der Waals surface area contributed by atoms with Crippen molar-refractivity contribution in [1.29, 1.82) is 0 Å². The molecule has 1 aromatic rings. The quantitative estimate of drug-likeness (QED) is 0.904. The van der Waals surface area contributed by atoms with Crippen LogP contribution in [0.5, 0.6) is 0 Å². The largest absolute Gasteiger partial charge is 0.346 e. The van der Waals surface area contributed by atoms with Gasteiger partial charge in [-0.2, -0.15) is 0 Å². The summed E-state index contributed by atoms with van der Waals surface area (Å²) in [6.45, 7) is 4.01. The molecule has 1 aromatic heterocycles. The summed E-state index contributed by atoms with van der Waals surface area (Å²) in [6.07, 6.45) is 2.12. The molecule has 2 aliphatic rings. The van der Waals surface area contributed by atoms with Gasteiger partial charge in [-0.25, -0.2) is 0 Å². The zero-order chi connectivity index (χ0) is 12.4. The van der Waals surface area contributed by atoms with Gasteiger partial charge in [0, 0.05) is 17.8 Å². The first-order valence-corrected chi connectivity index (χ1v) is 7.46. The number of piperidine rings is 1. The van der Waals surface area contributed by atoms with E-state index in [-0.39, 0.29) is 5.79 Å². The zero-order valence-electron chi connectivity index (χ0n) is 10.5. The van der Waals surface area contributed by atoms with Crippen LogP contribution in [0.25, 0.3) is 0 Å². The van der Waals surface area contributed by atoms with Gasteiger partial charge in [0.05, 0.1) is 25.8 Å². The molecule has 1 atom stereocenters. The second-order valence-corrected chi connectivity index (χ2v) is 5.93. The maximum absolute atomic E-state index is 5.97. The maximum Gasteiger partial charge on any atom is 0.181 e. The number of nitrogens with zero attached hydrogens (tertiary/aromatic N) is 1. The molecule has 2 saturated heterocycles. The highest BCUT2D eigenvalue weighted by molar-refractivity contribution is 7.10. The third kappa shape index (κ3) is 2.33. The molecule has 4 nitrogen and oxygen atoms in total. The van der Waals surface area contributed by atoms with Gasteiger partial charge in [-0.3, -0.25) is 4.90 Å². The summed E-state index contributed by atoms with van der Waals surface area (Å²) in [7, 11) is 0. The average molecular weight is 268 g/mol. The number of nitrogens with two attached hydrogens (primary N) is 1. The van der Waals surface area contributed by atoms with Crippen molar-refractivity contribution in [2.75, 3.05) is 32.8 Å². The summed E-state index contributed by atoms with van der Waals surface area (Å²) in [5.41, 5.74) is 5.97. The molecule has 3 rings (SSSR count). The van der Waals surface area contributed by atoms with Crippen LogP contribution in [0, 0.1) is 0 Å². The molecular weight excluding hydrogens is 248 g/mol. The molecule has 1 spiro atoms. The topological polar surface area (TPSA) is 47.7 Å². The molecule has 0 amide bonds. The Hall–Kier alpha value is -0.460. The third-order valence-electron chi connectivity index (χ3n) is 3.80. The maximum atomic E-state index is 5.97. The highest BCUT2D eigenvalue weighted by atomic mass is 32.1. The first kappa shape index (κ1) is 12.6. The Morgan fingerprint density at radius 3 is 2.94 bits per heavy atom. The monoisotopic (exact) mass is 268 g/mol. The summed E-state index contributed by atoms with van der Waals surface area (Å²) in [6, 6.07) is 4.56. The second kappa shape index (κ2) is 5.27. The number of hydrogen-bond acceptors (Lipinski definition) is 5. The van der Waals surface area contributed by atoms with E-state index in [9.17, 15) is 0 Å². The van der Waals surface area contributed by atoms with E-state index in [0.717, 1.165) is 39.1 Å². The molecule has 18 heavy (non-hydrogen) atoms. The third-order valence-corrected chi connectivity index (χ3v) is 4.77. The van der Waals surface area contributed by atoms with Gasteiger partial charge in [0.25, 0.3) is 0 Å². The fraction of sp³-hybridized carbons (Fsp3) is 0.692. The molecular formula is C13H20N2O2S. The van der Waals surface area contributed by atoms with E-state index in [1.54, 1.807) is 11.3 Å². The minimum atomic E-state index is -0.358. The first-order valence-electron chi connectivity index (χ1n) is 6.58. The van der Waals surface area contributed by atoms with Gasteiger partial charge in [0.15, 0.2) is 5.79 Å². The van der Waals surface area contributed by atoms with Crippen LogP contribution < -0.4 is 5.73 Å². The van der Waals surface area contributed by atoms with Crippen LogP contribution in [-0.4, -0.2) is 43.5 Å². The van der Waals surface area contributed by atoms with Crippen LogP contribution in [0.3, 0.4) is 0 Å². The van der Waals surface area contributed by atoms with Gasteiger partial charge in [-0.1, -0.05) is 6.07 Å². The summed E-state index contributed by atoms with van der Waals surface area (Å²) in [4.78, 5) is 3.76. The number of hydrogen-bond donors (Lipinski definition) is 1. The number of thiophene rings is 1. The summed E-state index contributed by atoms with van der Waals surface area (Å²) >= 11 is 1.78. The van der Waals surface area contributed by atoms with Crippen molar-refractivity contribution >= 4 is 11.3 Å². The summed E-state index contributed by atoms with van der Waals surface area (Å²) in [5, 5.41) is 2.11. The smallest absolute Gasteiger partial charge is 0.181 e. The summed E-state index contributed by atoms with van der Waals surface area (Å²) < 4.78 is 11.6. The van der Waals surface area contributed by atoms with Gasteiger partial charge in [-0.05, 0) is 24.4 Å². The van der Waals surface area contributed by atoms with Gasteiger partial charge in [0.1, 0.15) is 0 Å². The predicted octanol–water partition coefficient (Wildman–Crippen LogP) is 1.59. The normalized spacial score (nSPS) is 25.6. The van der Waals surface area contributed by atoms with Gasteiger partial charge in [-0.15, -0.1) is 11.3 Å². The SMILES string of the molecule is NCC(c1cccs1)N1CCCC2(C1)OCCO2. The number of likely N-dealkylation sites (tertiary alicyclic amines) is 1. The Morgan fingerprint density at radius 1 is 1.44 bits per heavy atom. The molecule has 0 aromatic carbocycles. The average Bonchev–Trinajstić information content (AvgIpc) is 3.03. The van der Waals surface area contributed by atoms with Crippen LogP contribution in [0.15, 0.2) is 17.5 Å². The van der Waals surface area contributed by atoms with E-state index < -0.39 is 0 Å². The summed E-state index contributed by atoms with van der Waals surface area (Å²) in [5.74, 6) is -0.358. The van der Waals surface area contributed by atoms with E-state index in [4.69, 9.17) is 15.2 Å². The first-order chi connectivity index (χ1) is 8.83. The van der Waals surface area contributed by atoms with Crippen molar-refractivity contribution in [3.8, 4) is 0 Å². The van der Waals surface area contributed by atoms with Crippen LogP contribution in [0.2, 0.25) is 0 Å². The minimum Gasteiger partial charge on any atom is -0.346 e. The fourth-order valence-electron chi connectivity index (χ4n) is 2.94. The van der Waals surface area contributed by atoms with E-state index in [1.807, 2.05) is 0 Å². The van der Waals surface area contributed by atoms with Crippen molar-refractivity contribution in [2.45, 2.75) is 24.7 Å². The molecule has 100 valence electrons. The van der Waals surface area contributed by atoms with Crippen molar-refractivity contribution in [2.24, 2.45) is 5.73 Å². The molecule has 0 aliphatic carbocycles. The highest BCUT2D eigenvalue weighted by Crippen LogP contribution is 2.34. The standard InChI is InChI=1S/C13H20N2O2S/c14-9-11(12-3-1-8-18-12)15-5-2-4-13(10-15)16-6-7-17-13/h1,3,8,11H,2,4-7,9-10,14H2.